The number of hydrogen-bond donors (Lipinski definition) is 1. The van der Waals surface area contributed by atoms with E-state index in [-0.39, 0.29) is 6.61 Å². The molecule has 0 unspecified atom stereocenters. The Kier molecular flexibility index (Phi) is 5.87. The fourth-order valence-electron chi connectivity index (χ4n) is 4.19. The minimum atomic E-state index is 0.264. The number of nitrogens with zero attached hydrogens (tertiary/aromatic N) is 5. The Labute approximate surface area is 187 Å². The fraction of sp³-hybridized carbons (Fsp3) is 0.440. The van der Waals surface area contributed by atoms with E-state index in [1.807, 2.05) is 41.3 Å². The second-order valence-electron chi connectivity index (χ2n) is 8.97. The molecule has 1 aromatic carbocycles. The van der Waals surface area contributed by atoms with Crippen LogP contribution in [0, 0.1) is 29.1 Å². The van der Waals surface area contributed by atoms with Crippen LogP contribution in [0.4, 0.5) is 0 Å². The van der Waals surface area contributed by atoms with Crippen LogP contribution in [0.5, 0.6) is 5.75 Å². The number of benzene rings is 1. The van der Waals surface area contributed by atoms with Gasteiger partial charge in [0.1, 0.15) is 17.6 Å². The quantitative estimate of drug-likeness (QED) is 0.558. The Morgan fingerprint density at radius 2 is 2.12 bits per heavy atom. The second kappa shape index (κ2) is 9.09. The average Bonchev–Trinajstić information content (AvgIpc) is 3.40. The van der Waals surface area contributed by atoms with Crippen LogP contribution < -0.4 is 4.74 Å². The van der Waals surface area contributed by atoms with Gasteiger partial charge in [-0.25, -0.2) is 9.97 Å². The third-order valence-electron chi connectivity index (χ3n) is 6.57. The number of aliphatic hydroxyl groups excluding tert-OH is 1. The van der Waals surface area contributed by atoms with Crippen molar-refractivity contribution >= 4 is 0 Å². The molecule has 5 rings (SSSR count). The SMILES string of the molecule is N#Cc1cc(-c2ccnc(Cc3cnn(C[C@H]4C[C@@H]4CO)c3)n2)ccc1OCC1CCC1. The van der Waals surface area contributed by atoms with E-state index in [9.17, 15) is 10.4 Å². The zero-order valence-corrected chi connectivity index (χ0v) is 18.0. The summed E-state index contributed by atoms with van der Waals surface area (Å²) in [5.74, 6) is 2.93. The van der Waals surface area contributed by atoms with E-state index in [2.05, 4.69) is 16.2 Å². The summed E-state index contributed by atoms with van der Waals surface area (Å²) in [6.07, 6.45) is 11.0. The van der Waals surface area contributed by atoms with Crippen LogP contribution in [0.15, 0.2) is 42.9 Å². The summed E-state index contributed by atoms with van der Waals surface area (Å²) in [6.45, 7) is 1.79. The first kappa shape index (κ1) is 20.7. The summed E-state index contributed by atoms with van der Waals surface area (Å²) in [6, 6.07) is 9.78. The van der Waals surface area contributed by atoms with Crippen molar-refractivity contribution < 1.29 is 9.84 Å². The van der Waals surface area contributed by atoms with Crippen molar-refractivity contribution in [3.05, 3.63) is 59.8 Å². The molecule has 2 fully saturated rings. The van der Waals surface area contributed by atoms with E-state index >= 15 is 0 Å². The van der Waals surface area contributed by atoms with Crippen molar-refractivity contribution in [2.45, 2.75) is 38.6 Å². The van der Waals surface area contributed by atoms with Gasteiger partial charge in [-0.15, -0.1) is 0 Å². The zero-order chi connectivity index (χ0) is 21.9. The molecule has 2 aliphatic carbocycles. The highest BCUT2D eigenvalue weighted by atomic mass is 16.5. The Hall–Kier alpha value is -3.24. The third kappa shape index (κ3) is 4.66. The molecule has 7 nitrogen and oxygen atoms in total. The molecule has 0 spiro atoms. The van der Waals surface area contributed by atoms with Crippen LogP contribution in [0.3, 0.4) is 0 Å². The Balaban J connectivity index is 1.26. The third-order valence-corrected chi connectivity index (χ3v) is 6.57. The summed E-state index contributed by atoms with van der Waals surface area (Å²) in [7, 11) is 0. The molecular weight excluding hydrogens is 402 g/mol. The molecule has 1 N–H and O–H groups in total. The number of nitriles is 1. The van der Waals surface area contributed by atoms with Crippen molar-refractivity contribution in [2.75, 3.05) is 13.2 Å². The van der Waals surface area contributed by atoms with Gasteiger partial charge in [-0.2, -0.15) is 10.4 Å². The average molecular weight is 430 g/mol. The summed E-state index contributed by atoms with van der Waals surface area (Å²) in [4.78, 5) is 9.14. The highest BCUT2D eigenvalue weighted by Gasteiger charge is 2.36. The fourth-order valence-corrected chi connectivity index (χ4v) is 4.19. The van der Waals surface area contributed by atoms with Crippen molar-refractivity contribution in [3.8, 4) is 23.1 Å². The van der Waals surface area contributed by atoms with Crippen LogP contribution in [0.25, 0.3) is 11.3 Å². The van der Waals surface area contributed by atoms with E-state index in [1.165, 1.54) is 19.3 Å². The Morgan fingerprint density at radius 1 is 1.22 bits per heavy atom. The Bertz CT molecular complexity index is 1130. The van der Waals surface area contributed by atoms with E-state index in [0.29, 0.717) is 47.9 Å². The monoisotopic (exact) mass is 429 g/mol. The molecular formula is C25H27N5O2. The number of hydrogen-bond acceptors (Lipinski definition) is 6. The maximum absolute atomic E-state index is 9.59. The molecule has 0 saturated heterocycles. The summed E-state index contributed by atoms with van der Waals surface area (Å²) >= 11 is 0. The number of rotatable bonds is 9. The van der Waals surface area contributed by atoms with E-state index in [4.69, 9.17) is 9.72 Å². The van der Waals surface area contributed by atoms with Crippen LogP contribution in [0.1, 0.15) is 42.6 Å². The molecule has 2 heterocycles. The van der Waals surface area contributed by atoms with Crippen molar-refractivity contribution in [1.29, 1.82) is 5.26 Å². The van der Waals surface area contributed by atoms with E-state index < -0.39 is 0 Å². The molecule has 2 atom stereocenters. The van der Waals surface area contributed by atoms with E-state index in [0.717, 1.165) is 29.8 Å². The second-order valence-corrected chi connectivity index (χ2v) is 8.97. The molecule has 7 heteroatoms. The molecule has 0 aliphatic heterocycles. The summed E-state index contributed by atoms with van der Waals surface area (Å²) < 4.78 is 7.84. The molecule has 2 aromatic heterocycles. The maximum Gasteiger partial charge on any atom is 0.137 e. The van der Waals surface area contributed by atoms with Gasteiger partial charge in [0.15, 0.2) is 0 Å². The lowest BCUT2D eigenvalue weighted by atomic mass is 9.86. The highest BCUT2D eigenvalue weighted by Crippen LogP contribution is 2.39. The first-order valence-corrected chi connectivity index (χ1v) is 11.3. The summed E-state index contributed by atoms with van der Waals surface area (Å²) in [5.41, 5.74) is 3.25. The van der Waals surface area contributed by atoms with Gasteiger partial charge in [0.05, 0.1) is 24.1 Å². The standard InChI is InChI=1S/C25H27N5O2/c26-11-20-9-19(4-5-24(20)32-16-17-2-1-3-17)23-6-7-27-25(29-23)8-18-12-28-30(13-18)14-21-10-22(21)15-31/h4-7,9,12-13,17,21-22,31H,1-3,8,10,14-16H2/t21-,22-/m1/s1. The Morgan fingerprint density at radius 3 is 2.88 bits per heavy atom. The van der Waals surface area contributed by atoms with Gasteiger partial charge < -0.3 is 9.84 Å². The molecule has 0 bridgehead atoms. The van der Waals surface area contributed by atoms with Gasteiger partial charge in [-0.3, -0.25) is 4.68 Å². The van der Waals surface area contributed by atoms with Crippen LogP contribution in [0.2, 0.25) is 0 Å². The van der Waals surface area contributed by atoms with Crippen molar-refractivity contribution in [3.63, 3.8) is 0 Å². The number of ether oxygens (including phenoxy) is 1. The van der Waals surface area contributed by atoms with Gasteiger partial charge in [-0.1, -0.05) is 6.42 Å². The highest BCUT2D eigenvalue weighted by molar-refractivity contribution is 5.64. The van der Waals surface area contributed by atoms with Crippen LogP contribution >= 0.6 is 0 Å². The molecule has 32 heavy (non-hydrogen) atoms. The molecule has 2 aliphatic rings. The van der Waals surface area contributed by atoms with Crippen molar-refractivity contribution in [1.82, 2.24) is 19.7 Å². The minimum Gasteiger partial charge on any atom is -0.492 e. The lowest BCUT2D eigenvalue weighted by Gasteiger charge is -2.25. The lowest BCUT2D eigenvalue weighted by Crippen LogP contribution is -2.19. The maximum atomic E-state index is 9.59. The molecule has 0 amide bonds. The lowest BCUT2D eigenvalue weighted by molar-refractivity contribution is 0.180. The van der Waals surface area contributed by atoms with Gasteiger partial charge >= 0.3 is 0 Å². The largest absolute Gasteiger partial charge is 0.492 e. The molecule has 3 aromatic rings. The van der Waals surface area contributed by atoms with Gasteiger partial charge in [0.2, 0.25) is 0 Å². The molecule has 164 valence electrons. The normalized spacial score (nSPS) is 19.9. The topological polar surface area (TPSA) is 96.9 Å². The first-order chi connectivity index (χ1) is 15.7. The van der Waals surface area contributed by atoms with Crippen LogP contribution in [-0.2, 0) is 13.0 Å². The predicted octanol–water partition coefficient (Wildman–Crippen LogP) is 3.61. The minimum absolute atomic E-state index is 0.264. The number of aromatic nitrogens is 4. The van der Waals surface area contributed by atoms with Crippen molar-refractivity contribution in [2.24, 2.45) is 17.8 Å². The predicted molar refractivity (Wildman–Crippen MR) is 119 cm³/mol. The first-order valence-electron chi connectivity index (χ1n) is 11.3. The van der Waals surface area contributed by atoms with Gasteiger partial charge in [-0.05, 0) is 66.8 Å². The summed E-state index contributed by atoms with van der Waals surface area (Å²) in [5, 5.41) is 23.2. The van der Waals surface area contributed by atoms with Gasteiger partial charge in [0.25, 0.3) is 0 Å². The smallest absolute Gasteiger partial charge is 0.137 e. The zero-order valence-electron chi connectivity index (χ0n) is 18.0. The van der Waals surface area contributed by atoms with E-state index in [1.54, 1.807) is 6.20 Å². The number of aliphatic hydroxyl groups is 1. The van der Waals surface area contributed by atoms with Crippen LogP contribution in [-0.4, -0.2) is 38.1 Å². The molecule has 2 saturated carbocycles. The molecule has 0 radical (unpaired) electrons. The van der Waals surface area contributed by atoms with Gasteiger partial charge in [0, 0.05) is 37.5 Å².